The first kappa shape index (κ1) is 15.4. The standard InChI is InChI=1S/C19H13NO4S/c1-23-15-9-5-3-7-13(15)20-18(21)16-10-12-17(25-16)11-6-2-4-8-14(11)24-19(12)22/h2-10H,1H3,(H,20,21). The summed E-state index contributed by atoms with van der Waals surface area (Å²) >= 11 is 1.27. The summed E-state index contributed by atoms with van der Waals surface area (Å²) in [6, 6.07) is 16.0. The molecule has 0 radical (unpaired) electrons. The number of carbonyl (C=O) groups excluding carboxylic acids is 1. The molecule has 0 saturated heterocycles. The lowest BCUT2D eigenvalue weighted by Gasteiger charge is -2.08. The highest BCUT2D eigenvalue weighted by Gasteiger charge is 2.16. The summed E-state index contributed by atoms with van der Waals surface area (Å²) in [6.45, 7) is 0. The molecular weight excluding hydrogens is 338 g/mol. The molecule has 2 aromatic heterocycles. The van der Waals surface area contributed by atoms with Gasteiger partial charge in [0.25, 0.3) is 5.91 Å². The number of rotatable bonds is 3. The van der Waals surface area contributed by atoms with Gasteiger partial charge in [0.05, 0.1) is 27.8 Å². The molecule has 124 valence electrons. The van der Waals surface area contributed by atoms with Crippen LogP contribution in [0, 0.1) is 0 Å². The highest BCUT2D eigenvalue weighted by Crippen LogP contribution is 2.31. The maximum Gasteiger partial charge on any atom is 0.345 e. The highest BCUT2D eigenvalue weighted by atomic mass is 32.1. The summed E-state index contributed by atoms with van der Waals surface area (Å²) in [6.07, 6.45) is 0. The number of anilines is 1. The van der Waals surface area contributed by atoms with Gasteiger partial charge in [-0.15, -0.1) is 11.3 Å². The fourth-order valence-electron chi connectivity index (χ4n) is 2.68. The van der Waals surface area contributed by atoms with E-state index in [-0.39, 0.29) is 5.91 Å². The molecule has 0 aliphatic carbocycles. The third-order valence-electron chi connectivity index (χ3n) is 3.87. The Morgan fingerprint density at radius 2 is 1.84 bits per heavy atom. The number of benzene rings is 2. The van der Waals surface area contributed by atoms with E-state index in [9.17, 15) is 9.59 Å². The second kappa shape index (κ2) is 6.07. The molecule has 0 fully saturated rings. The topological polar surface area (TPSA) is 68.5 Å². The minimum Gasteiger partial charge on any atom is -0.495 e. The fourth-order valence-corrected chi connectivity index (χ4v) is 3.76. The van der Waals surface area contributed by atoms with Crippen LogP contribution >= 0.6 is 11.3 Å². The van der Waals surface area contributed by atoms with E-state index in [0.717, 1.165) is 10.1 Å². The van der Waals surface area contributed by atoms with Crippen molar-refractivity contribution in [2.45, 2.75) is 0 Å². The number of hydrogen-bond donors (Lipinski definition) is 1. The molecule has 0 aliphatic rings. The first-order valence-corrected chi connectivity index (χ1v) is 8.39. The Kier molecular flexibility index (Phi) is 3.74. The predicted octanol–water partition coefficient (Wildman–Crippen LogP) is 4.27. The minimum absolute atomic E-state index is 0.297. The lowest BCUT2D eigenvalue weighted by Crippen LogP contribution is -2.11. The van der Waals surface area contributed by atoms with E-state index >= 15 is 0 Å². The van der Waals surface area contributed by atoms with Crippen LogP contribution in [0.2, 0.25) is 0 Å². The van der Waals surface area contributed by atoms with E-state index in [1.165, 1.54) is 11.3 Å². The summed E-state index contributed by atoms with van der Waals surface area (Å²) in [7, 11) is 1.54. The molecule has 0 spiro atoms. The number of ether oxygens (including phenoxy) is 1. The van der Waals surface area contributed by atoms with Gasteiger partial charge in [-0.1, -0.05) is 24.3 Å². The van der Waals surface area contributed by atoms with Crippen LogP contribution in [0.1, 0.15) is 9.67 Å². The normalized spacial score (nSPS) is 10.9. The lowest BCUT2D eigenvalue weighted by atomic mass is 10.2. The summed E-state index contributed by atoms with van der Waals surface area (Å²) in [5.41, 5.74) is 0.643. The summed E-state index contributed by atoms with van der Waals surface area (Å²) < 4.78 is 11.3. The molecule has 1 N–H and O–H groups in total. The third kappa shape index (κ3) is 2.66. The zero-order valence-electron chi connectivity index (χ0n) is 13.2. The summed E-state index contributed by atoms with van der Waals surface area (Å²) in [4.78, 5) is 25.2. The van der Waals surface area contributed by atoms with Crippen molar-refractivity contribution in [1.82, 2.24) is 0 Å². The molecule has 2 heterocycles. The van der Waals surface area contributed by atoms with Gasteiger partial charge in [-0.3, -0.25) is 4.79 Å². The van der Waals surface area contributed by atoms with Crippen molar-refractivity contribution in [2.24, 2.45) is 0 Å². The van der Waals surface area contributed by atoms with E-state index in [2.05, 4.69) is 5.32 Å². The number of fused-ring (bicyclic) bond motifs is 3. The SMILES string of the molecule is COc1ccccc1NC(=O)c1cc2c(=O)oc3ccccc3c2s1. The Labute approximate surface area is 146 Å². The van der Waals surface area contributed by atoms with Crippen molar-refractivity contribution in [3.8, 4) is 5.75 Å². The molecule has 0 unspecified atom stereocenters. The van der Waals surface area contributed by atoms with Crippen LogP contribution in [-0.4, -0.2) is 13.0 Å². The van der Waals surface area contributed by atoms with Gasteiger partial charge in [0, 0.05) is 5.39 Å². The molecule has 25 heavy (non-hydrogen) atoms. The van der Waals surface area contributed by atoms with Gasteiger partial charge in [-0.2, -0.15) is 0 Å². The summed E-state index contributed by atoms with van der Waals surface area (Å²) in [5.74, 6) is 0.274. The van der Waals surface area contributed by atoms with Crippen LogP contribution in [-0.2, 0) is 0 Å². The minimum atomic E-state index is -0.443. The van der Waals surface area contributed by atoms with Crippen LogP contribution in [0.4, 0.5) is 5.69 Å². The zero-order valence-corrected chi connectivity index (χ0v) is 14.1. The van der Waals surface area contributed by atoms with Gasteiger partial charge in [-0.25, -0.2) is 4.79 Å². The third-order valence-corrected chi connectivity index (χ3v) is 5.03. The van der Waals surface area contributed by atoms with Crippen LogP contribution in [0.15, 0.2) is 63.8 Å². The highest BCUT2D eigenvalue weighted by molar-refractivity contribution is 7.21. The average Bonchev–Trinajstić information content (AvgIpc) is 3.09. The number of amides is 1. The number of para-hydroxylation sites is 3. The van der Waals surface area contributed by atoms with Crippen LogP contribution in [0.3, 0.4) is 0 Å². The Morgan fingerprint density at radius 1 is 1.08 bits per heavy atom. The van der Waals surface area contributed by atoms with Crippen LogP contribution in [0.5, 0.6) is 5.75 Å². The number of thiophene rings is 1. The molecule has 0 atom stereocenters. The van der Waals surface area contributed by atoms with Gasteiger partial charge < -0.3 is 14.5 Å². The predicted molar refractivity (Wildman–Crippen MR) is 98.8 cm³/mol. The number of methoxy groups -OCH3 is 1. The Balaban J connectivity index is 1.79. The maximum absolute atomic E-state index is 12.6. The maximum atomic E-state index is 12.6. The molecule has 2 aromatic carbocycles. The van der Waals surface area contributed by atoms with Gasteiger partial charge in [-0.05, 0) is 30.3 Å². The van der Waals surface area contributed by atoms with E-state index in [1.807, 2.05) is 24.3 Å². The average molecular weight is 351 g/mol. The van der Waals surface area contributed by atoms with Gasteiger partial charge >= 0.3 is 5.63 Å². The van der Waals surface area contributed by atoms with Crippen molar-refractivity contribution in [3.63, 3.8) is 0 Å². The quantitative estimate of drug-likeness (QED) is 0.560. The Hall–Kier alpha value is -3.12. The van der Waals surface area contributed by atoms with Gasteiger partial charge in [0.2, 0.25) is 0 Å². The van der Waals surface area contributed by atoms with Gasteiger partial charge in [0.1, 0.15) is 11.3 Å². The fraction of sp³-hybridized carbons (Fsp3) is 0.0526. The first-order chi connectivity index (χ1) is 12.2. The van der Waals surface area contributed by atoms with E-state index in [1.54, 1.807) is 37.4 Å². The molecule has 4 aromatic rings. The number of hydrogen-bond acceptors (Lipinski definition) is 5. The molecule has 5 nitrogen and oxygen atoms in total. The summed E-state index contributed by atoms with van der Waals surface area (Å²) in [5, 5.41) is 4.05. The van der Waals surface area contributed by atoms with Crippen molar-refractivity contribution >= 4 is 44.0 Å². The molecule has 6 heteroatoms. The Bertz CT molecular complexity index is 1160. The molecule has 1 amide bonds. The Morgan fingerprint density at radius 3 is 2.68 bits per heavy atom. The molecule has 4 rings (SSSR count). The van der Waals surface area contributed by atoms with E-state index < -0.39 is 5.63 Å². The molecule has 0 aliphatic heterocycles. The molecule has 0 saturated carbocycles. The number of carbonyl (C=O) groups is 1. The largest absolute Gasteiger partial charge is 0.495 e. The van der Waals surface area contributed by atoms with Crippen molar-refractivity contribution in [1.29, 1.82) is 0 Å². The van der Waals surface area contributed by atoms with Crippen molar-refractivity contribution < 1.29 is 13.9 Å². The van der Waals surface area contributed by atoms with Gasteiger partial charge in [0.15, 0.2) is 0 Å². The number of nitrogens with one attached hydrogen (secondary N) is 1. The second-order valence-electron chi connectivity index (χ2n) is 5.39. The molecular formula is C19H13NO4S. The van der Waals surface area contributed by atoms with Crippen molar-refractivity contribution in [2.75, 3.05) is 12.4 Å². The van der Waals surface area contributed by atoms with Crippen LogP contribution in [0.25, 0.3) is 21.1 Å². The van der Waals surface area contributed by atoms with Crippen molar-refractivity contribution in [3.05, 3.63) is 69.9 Å². The second-order valence-corrected chi connectivity index (χ2v) is 6.45. The lowest BCUT2D eigenvalue weighted by molar-refractivity contribution is 0.103. The van der Waals surface area contributed by atoms with E-state index in [0.29, 0.717) is 27.3 Å². The molecule has 0 bridgehead atoms. The monoisotopic (exact) mass is 351 g/mol. The van der Waals surface area contributed by atoms with Crippen LogP contribution < -0.4 is 15.7 Å². The first-order valence-electron chi connectivity index (χ1n) is 7.57. The zero-order chi connectivity index (χ0) is 17.4. The smallest absolute Gasteiger partial charge is 0.345 e. The van der Waals surface area contributed by atoms with E-state index in [4.69, 9.17) is 9.15 Å².